The monoisotopic (exact) mass is 388 g/mol. The molecular weight excluding hydrogens is 363 g/mol. The largest absolute Gasteiger partial charge is 0.398 e. The van der Waals surface area contributed by atoms with E-state index in [4.69, 9.17) is 16.4 Å². The molecule has 0 saturated heterocycles. The molecule has 29 heavy (non-hydrogen) atoms. The number of rotatable bonds is 2. The number of nitriles is 1. The third-order valence-electron chi connectivity index (χ3n) is 8.07. The highest BCUT2D eigenvalue weighted by atomic mass is 19.1. The van der Waals surface area contributed by atoms with Gasteiger partial charge in [0.2, 0.25) is 0 Å². The average molecular weight is 388 g/mol. The van der Waals surface area contributed by atoms with Gasteiger partial charge in [0.1, 0.15) is 11.9 Å². The van der Waals surface area contributed by atoms with Gasteiger partial charge in [-0.15, -0.1) is 0 Å². The lowest BCUT2D eigenvalue weighted by molar-refractivity contribution is 0.156. The van der Waals surface area contributed by atoms with Gasteiger partial charge >= 0.3 is 0 Å². The molecule has 0 spiro atoms. The normalized spacial score (nSPS) is 31.9. The smallest absolute Gasteiger partial charge is 0.141 e. The minimum absolute atomic E-state index is 0.0829. The van der Waals surface area contributed by atoms with E-state index in [0.717, 1.165) is 16.8 Å². The maximum absolute atomic E-state index is 14.6. The van der Waals surface area contributed by atoms with Crippen LogP contribution in [0.2, 0.25) is 0 Å². The Morgan fingerprint density at radius 2 is 2.03 bits per heavy atom. The van der Waals surface area contributed by atoms with E-state index in [1.165, 1.54) is 31.0 Å². The van der Waals surface area contributed by atoms with Gasteiger partial charge in [-0.25, -0.2) is 4.39 Å². The molecule has 2 aromatic carbocycles. The quantitative estimate of drug-likeness (QED) is 0.574. The van der Waals surface area contributed by atoms with Crippen LogP contribution in [0.1, 0.15) is 54.4 Å². The third kappa shape index (κ3) is 2.20. The van der Waals surface area contributed by atoms with Gasteiger partial charge in [-0.2, -0.15) is 5.26 Å². The minimum Gasteiger partial charge on any atom is -0.398 e. The van der Waals surface area contributed by atoms with Gasteiger partial charge in [0.05, 0.1) is 11.1 Å². The van der Waals surface area contributed by atoms with Crippen LogP contribution < -0.4 is 10.6 Å². The number of hydrogen-bond acceptors (Lipinski definition) is 4. The van der Waals surface area contributed by atoms with Crippen LogP contribution >= 0.6 is 0 Å². The Labute approximate surface area is 170 Å². The Morgan fingerprint density at radius 3 is 2.72 bits per heavy atom. The number of nitrogens with two attached hydrogens (primary N) is 1. The molecule has 0 amide bonds. The van der Waals surface area contributed by atoms with Crippen molar-refractivity contribution in [2.75, 3.05) is 17.7 Å². The van der Waals surface area contributed by atoms with Crippen molar-refractivity contribution in [1.82, 2.24) is 0 Å². The summed E-state index contributed by atoms with van der Waals surface area (Å²) < 4.78 is 14.6. The first-order chi connectivity index (χ1) is 13.9. The Hall–Kier alpha value is -2.87. The van der Waals surface area contributed by atoms with E-state index in [0.29, 0.717) is 29.4 Å². The predicted octanol–water partition coefficient (Wildman–Crippen LogP) is 4.77. The maximum Gasteiger partial charge on any atom is 0.141 e. The molecule has 5 atom stereocenters. The van der Waals surface area contributed by atoms with E-state index < -0.39 is 5.82 Å². The van der Waals surface area contributed by atoms with Gasteiger partial charge in [0.15, 0.2) is 0 Å². The van der Waals surface area contributed by atoms with Crippen molar-refractivity contribution in [3.63, 3.8) is 0 Å². The standard InChI is InChI=1S/C24H25FN4/c1-24(16-6-5-15(11-26)18(25)10-16)23-14-4-3-13(9-14)21(23)22-17(12-27)19(28)7-8-20(22)29(24)2/h5-8,10,12-14,21,23,27H,3-4,9,28H2,1-2H3/t13-,14-,21-,23-,24?/m1/s1. The molecule has 4 nitrogen and oxygen atoms in total. The molecule has 1 heterocycles. The summed E-state index contributed by atoms with van der Waals surface area (Å²) in [5, 5.41) is 17.2. The number of hydrogen-bond donors (Lipinski definition) is 2. The number of fused-ring (bicyclic) bond motifs is 7. The first-order valence-electron chi connectivity index (χ1n) is 10.3. The zero-order valence-electron chi connectivity index (χ0n) is 16.7. The molecule has 0 aromatic heterocycles. The molecular formula is C24H25FN4. The van der Waals surface area contributed by atoms with Gasteiger partial charge < -0.3 is 16.0 Å². The lowest BCUT2D eigenvalue weighted by Crippen LogP contribution is -2.54. The molecule has 1 unspecified atom stereocenters. The summed E-state index contributed by atoms with van der Waals surface area (Å²) in [5.41, 5.74) is 10.6. The van der Waals surface area contributed by atoms with E-state index in [1.54, 1.807) is 12.1 Å². The van der Waals surface area contributed by atoms with Crippen LogP contribution in [0.25, 0.3) is 0 Å². The molecule has 2 aromatic rings. The fourth-order valence-corrected chi connectivity index (χ4v) is 6.74. The first kappa shape index (κ1) is 18.2. The van der Waals surface area contributed by atoms with Crippen molar-refractivity contribution < 1.29 is 4.39 Å². The first-order valence-corrected chi connectivity index (χ1v) is 10.3. The van der Waals surface area contributed by atoms with Crippen LogP contribution in [0.15, 0.2) is 30.3 Å². The van der Waals surface area contributed by atoms with E-state index >= 15 is 0 Å². The van der Waals surface area contributed by atoms with Crippen molar-refractivity contribution in [2.45, 2.75) is 37.6 Å². The van der Waals surface area contributed by atoms with E-state index in [2.05, 4.69) is 24.9 Å². The van der Waals surface area contributed by atoms with Crippen molar-refractivity contribution >= 4 is 17.6 Å². The molecule has 2 saturated carbocycles. The molecule has 0 radical (unpaired) electrons. The Morgan fingerprint density at radius 1 is 1.28 bits per heavy atom. The molecule has 5 heteroatoms. The Bertz CT molecular complexity index is 1070. The van der Waals surface area contributed by atoms with Gasteiger partial charge in [-0.3, -0.25) is 0 Å². The van der Waals surface area contributed by atoms with Crippen LogP contribution in [-0.4, -0.2) is 13.3 Å². The second-order valence-corrected chi connectivity index (χ2v) is 9.04. The highest BCUT2D eigenvalue weighted by Gasteiger charge is 2.60. The number of benzene rings is 2. The van der Waals surface area contributed by atoms with Gasteiger partial charge in [0, 0.05) is 30.2 Å². The highest BCUT2D eigenvalue weighted by Crippen LogP contribution is 2.67. The highest BCUT2D eigenvalue weighted by molar-refractivity contribution is 5.91. The number of anilines is 2. The summed E-state index contributed by atoms with van der Waals surface area (Å²) in [6, 6.07) is 10.9. The Balaban J connectivity index is 1.77. The number of nitrogens with zero attached hydrogens (tertiary/aromatic N) is 2. The number of nitrogens with one attached hydrogen (secondary N) is 1. The van der Waals surface area contributed by atoms with Crippen molar-refractivity contribution in [3.8, 4) is 6.07 Å². The van der Waals surface area contributed by atoms with Crippen LogP contribution in [-0.2, 0) is 5.54 Å². The SMILES string of the molecule is CN1c2ccc(N)c(C=N)c2[C@H]2[C@@H]3CC[C@H](C3)[C@H]2C1(C)c1ccc(C#N)c(F)c1. The fourth-order valence-electron chi connectivity index (χ4n) is 6.74. The Kier molecular flexibility index (Phi) is 3.80. The number of halogens is 1. The molecule has 148 valence electrons. The maximum atomic E-state index is 14.6. The van der Waals surface area contributed by atoms with E-state index in [-0.39, 0.29) is 11.1 Å². The molecule has 2 bridgehead atoms. The summed E-state index contributed by atoms with van der Waals surface area (Å²) in [7, 11) is 2.07. The summed E-state index contributed by atoms with van der Waals surface area (Å²) in [5.74, 6) is 1.35. The molecule has 5 rings (SSSR count). The van der Waals surface area contributed by atoms with Gasteiger partial charge in [0.25, 0.3) is 0 Å². The summed E-state index contributed by atoms with van der Waals surface area (Å²) in [4.78, 5) is 2.26. The number of nitrogen functional groups attached to an aromatic ring is 1. The summed E-state index contributed by atoms with van der Waals surface area (Å²) in [6.45, 7) is 2.22. The van der Waals surface area contributed by atoms with Crippen LogP contribution in [0.5, 0.6) is 0 Å². The molecule has 3 aliphatic rings. The van der Waals surface area contributed by atoms with Crippen molar-refractivity contribution in [3.05, 3.63) is 58.4 Å². The zero-order valence-corrected chi connectivity index (χ0v) is 16.7. The summed E-state index contributed by atoms with van der Waals surface area (Å²) in [6.07, 6.45) is 4.99. The fraction of sp³-hybridized carbons (Fsp3) is 0.417. The van der Waals surface area contributed by atoms with Crippen LogP contribution in [0, 0.1) is 40.3 Å². The van der Waals surface area contributed by atoms with Gasteiger partial charge in [-0.05, 0) is 85.3 Å². The zero-order chi connectivity index (χ0) is 20.5. The summed E-state index contributed by atoms with van der Waals surface area (Å²) >= 11 is 0. The van der Waals surface area contributed by atoms with Crippen molar-refractivity contribution in [2.24, 2.45) is 17.8 Å². The third-order valence-corrected chi connectivity index (χ3v) is 8.07. The molecule has 3 N–H and O–H groups in total. The van der Waals surface area contributed by atoms with Gasteiger partial charge in [-0.1, -0.05) is 6.07 Å². The second-order valence-electron chi connectivity index (χ2n) is 9.04. The molecule has 2 aliphatic carbocycles. The van der Waals surface area contributed by atoms with E-state index in [9.17, 15) is 4.39 Å². The van der Waals surface area contributed by atoms with Crippen LogP contribution in [0.4, 0.5) is 15.8 Å². The average Bonchev–Trinajstić information content (AvgIpc) is 3.33. The second kappa shape index (κ2) is 6.06. The lowest BCUT2D eigenvalue weighted by atomic mass is 9.60. The van der Waals surface area contributed by atoms with E-state index in [1.807, 2.05) is 18.2 Å². The lowest BCUT2D eigenvalue weighted by Gasteiger charge is -2.56. The predicted molar refractivity (Wildman–Crippen MR) is 113 cm³/mol. The van der Waals surface area contributed by atoms with Crippen LogP contribution in [0.3, 0.4) is 0 Å². The van der Waals surface area contributed by atoms with Crippen molar-refractivity contribution in [1.29, 1.82) is 10.7 Å². The minimum atomic E-state index is -0.456. The topological polar surface area (TPSA) is 76.9 Å². The molecule has 1 aliphatic heterocycles. The molecule has 2 fully saturated rings.